The molecule has 1 heterocycles. The number of hydrogen-bond acceptors (Lipinski definition) is 5. The molecular weight excluding hydrogens is 404 g/mol. The minimum atomic E-state index is -0.823. The van der Waals surface area contributed by atoms with E-state index in [1.807, 2.05) is 0 Å². The minimum Gasteiger partial charge on any atom is -0.444 e. The number of halogens is 1. The predicted octanol–water partition coefficient (Wildman–Crippen LogP) is 2.38. The number of ether oxygens (including phenoxy) is 2. The topological polar surface area (TPSA) is 84.9 Å². The molecule has 0 bridgehead atoms. The maximum absolute atomic E-state index is 12.5. The molecule has 7 nitrogen and oxygen atoms in total. The highest BCUT2D eigenvalue weighted by Crippen LogP contribution is 2.15. The number of benzene rings is 1. The molecule has 142 valence electrons. The first-order valence-electron chi connectivity index (χ1n) is 8.31. The van der Waals surface area contributed by atoms with Gasteiger partial charge in [-0.25, -0.2) is 4.79 Å². The van der Waals surface area contributed by atoms with Crippen LogP contribution in [0, 0.1) is 0 Å². The number of nitrogens with zero attached hydrogens (tertiary/aromatic N) is 1. The van der Waals surface area contributed by atoms with Crippen LogP contribution >= 0.6 is 15.9 Å². The molecule has 1 fully saturated rings. The van der Waals surface area contributed by atoms with Crippen molar-refractivity contribution in [2.75, 3.05) is 26.3 Å². The van der Waals surface area contributed by atoms with E-state index in [0.29, 0.717) is 12.2 Å². The summed E-state index contributed by atoms with van der Waals surface area (Å²) < 4.78 is 11.5. The Kier molecular flexibility index (Phi) is 6.77. The molecule has 0 radical (unpaired) electrons. The molecule has 1 unspecified atom stereocenters. The lowest BCUT2D eigenvalue weighted by Gasteiger charge is -2.35. The number of Topliss-reactive ketones (excluding diaryl/α,β-unsaturated/α-hetero) is 1. The Labute approximate surface area is 161 Å². The van der Waals surface area contributed by atoms with E-state index in [-0.39, 0.29) is 25.5 Å². The quantitative estimate of drug-likeness (QED) is 0.746. The molecule has 26 heavy (non-hydrogen) atoms. The zero-order valence-corrected chi connectivity index (χ0v) is 16.7. The average molecular weight is 427 g/mol. The molecule has 1 saturated heterocycles. The van der Waals surface area contributed by atoms with Crippen LogP contribution < -0.4 is 5.32 Å². The fourth-order valence-electron chi connectivity index (χ4n) is 2.38. The van der Waals surface area contributed by atoms with Crippen molar-refractivity contribution in [3.05, 3.63) is 34.3 Å². The standard InChI is InChI=1S/C18H23BrN2O5/c1-18(2,3)26-17(24)21-8-9-25-11-14(21)16(23)20-10-15(22)12-4-6-13(19)7-5-12/h4-7,14H,8-11H2,1-3H3,(H,20,23). The summed E-state index contributed by atoms with van der Waals surface area (Å²) in [4.78, 5) is 38.3. The largest absolute Gasteiger partial charge is 0.444 e. The first-order chi connectivity index (χ1) is 12.2. The lowest BCUT2D eigenvalue weighted by atomic mass is 10.1. The van der Waals surface area contributed by atoms with E-state index in [2.05, 4.69) is 21.2 Å². The van der Waals surface area contributed by atoms with Gasteiger partial charge in [-0.2, -0.15) is 0 Å². The molecule has 1 atom stereocenters. The average Bonchev–Trinajstić information content (AvgIpc) is 2.58. The van der Waals surface area contributed by atoms with E-state index in [9.17, 15) is 14.4 Å². The molecule has 2 amide bonds. The molecule has 1 aliphatic heterocycles. The molecule has 8 heteroatoms. The smallest absolute Gasteiger partial charge is 0.411 e. The Morgan fingerprint density at radius 2 is 1.92 bits per heavy atom. The molecule has 0 aliphatic carbocycles. The number of ketones is 1. The van der Waals surface area contributed by atoms with Gasteiger partial charge in [0, 0.05) is 16.6 Å². The fourth-order valence-corrected chi connectivity index (χ4v) is 2.65. The van der Waals surface area contributed by atoms with E-state index in [1.165, 1.54) is 4.90 Å². The second-order valence-corrected chi connectivity index (χ2v) is 7.83. The van der Waals surface area contributed by atoms with Gasteiger partial charge in [0.2, 0.25) is 5.91 Å². The van der Waals surface area contributed by atoms with Crippen LogP contribution in [0.3, 0.4) is 0 Å². The zero-order chi connectivity index (χ0) is 19.3. The lowest BCUT2D eigenvalue weighted by Crippen LogP contribution is -2.57. The monoisotopic (exact) mass is 426 g/mol. The maximum Gasteiger partial charge on any atom is 0.411 e. The Balaban J connectivity index is 1.96. The highest BCUT2D eigenvalue weighted by Gasteiger charge is 2.35. The summed E-state index contributed by atoms with van der Waals surface area (Å²) in [6.07, 6.45) is -0.569. The van der Waals surface area contributed by atoms with Crippen molar-refractivity contribution in [3.8, 4) is 0 Å². The first kappa shape index (κ1) is 20.4. The summed E-state index contributed by atoms with van der Waals surface area (Å²) in [6.45, 7) is 5.79. The van der Waals surface area contributed by atoms with E-state index >= 15 is 0 Å². The third-order valence-corrected chi connectivity index (χ3v) is 4.18. The zero-order valence-electron chi connectivity index (χ0n) is 15.1. The van der Waals surface area contributed by atoms with Crippen molar-refractivity contribution in [2.45, 2.75) is 32.4 Å². The molecule has 0 spiro atoms. The van der Waals surface area contributed by atoms with Crippen molar-refractivity contribution in [2.24, 2.45) is 0 Å². The summed E-state index contributed by atoms with van der Waals surface area (Å²) >= 11 is 3.31. The van der Waals surface area contributed by atoms with E-state index in [1.54, 1.807) is 45.0 Å². The number of amides is 2. The molecular formula is C18H23BrN2O5. The number of rotatable bonds is 4. The predicted molar refractivity (Wildman–Crippen MR) is 99.0 cm³/mol. The first-order valence-corrected chi connectivity index (χ1v) is 9.10. The SMILES string of the molecule is CC(C)(C)OC(=O)N1CCOCC1C(=O)NCC(=O)c1ccc(Br)cc1. The highest BCUT2D eigenvalue weighted by atomic mass is 79.9. The molecule has 0 aromatic heterocycles. The number of carbonyl (C=O) groups excluding carboxylic acids is 3. The van der Waals surface area contributed by atoms with E-state index in [0.717, 1.165) is 4.47 Å². The van der Waals surface area contributed by atoms with Crippen LogP contribution in [0.4, 0.5) is 4.79 Å². The van der Waals surface area contributed by atoms with Gasteiger partial charge < -0.3 is 14.8 Å². The van der Waals surface area contributed by atoms with Gasteiger partial charge in [0.05, 0.1) is 19.8 Å². The second kappa shape index (κ2) is 8.64. The van der Waals surface area contributed by atoms with Crippen LogP contribution in [0.2, 0.25) is 0 Å². The fraction of sp³-hybridized carbons (Fsp3) is 0.500. The summed E-state index contributed by atoms with van der Waals surface area (Å²) in [7, 11) is 0. The third-order valence-electron chi connectivity index (χ3n) is 3.65. The second-order valence-electron chi connectivity index (χ2n) is 6.91. The van der Waals surface area contributed by atoms with Gasteiger partial charge >= 0.3 is 6.09 Å². The van der Waals surface area contributed by atoms with Crippen LogP contribution in [0.1, 0.15) is 31.1 Å². The Bertz CT molecular complexity index is 669. The van der Waals surface area contributed by atoms with Crippen molar-refractivity contribution in [3.63, 3.8) is 0 Å². The molecule has 1 aromatic rings. The Hall–Kier alpha value is -1.93. The molecule has 1 aromatic carbocycles. The van der Waals surface area contributed by atoms with Crippen LogP contribution in [0.25, 0.3) is 0 Å². The van der Waals surface area contributed by atoms with Gasteiger partial charge in [0.1, 0.15) is 11.6 Å². The van der Waals surface area contributed by atoms with Crippen molar-refractivity contribution < 1.29 is 23.9 Å². The van der Waals surface area contributed by atoms with Gasteiger partial charge in [0.15, 0.2) is 5.78 Å². The maximum atomic E-state index is 12.5. The number of carbonyl (C=O) groups is 3. The van der Waals surface area contributed by atoms with Gasteiger partial charge in [-0.1, -0.05) is 28.1 Å². The molecule has 1 aliphatic rings. The number of morpholine rings is 1. The van der Waals surface area contributed by atoms with Gasteiger partial charge in [-0.3, -0.25) is 14.5 Å². The molecule has 2 rings (SSSR count). The Morgan fingerprint density at radius 3 is 2.54 bits per heavy atom. The summed E-state index contributed by atoms with van der Waals surface area (Å²) in [5.41, 5.74) is -0.161. The van der Waals surface area contributed by atoms with Gasteiger partial charge in [0.25, 0.3) is 0 Å². The van der Waals surface area contributed by atoms with Crippen molar-refractivity contribution in [1.82, 2.24) is 10.2 Å². The lowest BCUT2D eigenvalue weighted by molar-refractivity contribution is -0.132. The van der Waals surface area contributed by atoms with Crippen LogP contribution in [0.5, 0.6) is 0 Å². The van der Waals surface area contributed by atoms with Gasteiger partial charge in [-0.15, -0.1) is 0 Å². The normalized spacial score (nSPS) is 17.5. The Morgan fingerprint density at radius 1 is 1.27 bits per heavy atom. The van der Waals surface area contributed by atoms with E-state index < -0.39 is 23.6 Å². The minimum absolute atomic E-state index is 0.0670. The van der Waals surface area contributed by atoms with Crippen LogP contribution in [-0.2, 0) is 14.3 Å². The summed E-state index contributed by atoms with van der Waals surface area (Å²) in [5, 5.41) is 2.58. The van der Waals surface area contributed by atoms with Crippen molar-refractivity contribution >= 4 is 33.7 Å². The van der Waals surface area contributed by atoms with Gasteiger partial charge in [-0.05, 0) is 32.9 Å². The van der Waals surface area contributed by atoms with Crippen LogP contribution in [0.15, 0.2) is 28.7 Å². The highest BCUT2D eigenvalue weighted by molar-refractivity contribution is 9.10. The van der Waals surface area contributed by atoms with E-state index in [4.69, 9.17) is 9.47 Å². The summed E-state index contributed by atoms with van der Waals surface area (Å²) in [6, 6.07) is 6.05. The third kappa shape index (κ3) is 5.81. The van der Waals surface area contributed by atoms with Crippen LogP contribution in [-0.4, -0.2) is 60.6 Å². The number of nitrogens with one attached hydrogen (secondary N) is 1. The molecule has 0 saturated carbocycles. The summed E-state index contributed by atoms with van der Waals surface area (Å²) in [5.74, 6) is -0.660. The van der Waals surface area contributed by atoms with Crippen molar-refractivity contribution in [1.29, 1.82) is 0 Å². The number of hydrogen-bond donors (Lipinski definition) is 1. The molecule has 1 N–H and O–H groups in total.